The molecule has 1 heterocycles. The highest BCUT2D eigenvalue weighted by molar-refractivity contribution is 5.93. The minimum absolute atomic E-state index is 0.182. The number of amides is 1. The number of carbonyl (C=O) groups excluding carboxylic acids is 1. The van der Waals surface area contributed by atoms with Crippen molar-refractivity contribution < 1.29 is 18.0 Å². The summed E-state index contributed by atoms with van der Waals surface area (Å²) in [4.78, 5) is 12.1. The molecule has 2 atom stereocenters. The van der Waals surface area contributed by atoms with Gasteiger partial charge in [0.25, 0.3) is 0 Å². The number of hydrogen-bond acceptors (Lipinski definition) is 2. The van der Waals surface area contributed by atoms with Gasteiger partial charge in [0.15, 0.2) is 0 Å². The van der Waals surface area contributed by atoms with Crippen LogP contribution in [0.15, 0.2) is 18.2 Å². The lowest BCUT2D eigenvalue weighted by Gasteiger charge is -2.17. The summed E-state index contributed by atoms with van der Waals surface area (Å²) >= 11 is 0. The molecule has 1 aromatic rings. The van der Waals surface area contributed by atoms with Crippen molar-refractivity contribution in [3.63, 3.8) is 0 Å². The minimum Gasteiger partial charge on any atom is -0.326 e. The van der Waals surface area contributed by atoms with Crippen molar-refractivity contribution >= 4 is 11.6 Å². The van der Waals surface area contributed by atoms with E-state index < -0.39 is 11.7 Å². The van der Waals surface area contributed by atoms with Crippen LogP contribution in [0, 0.1) is 18.8 Å². The van der Waals surface area contributed by atoms with E-state index in [4.69, 9.17) is 0 Å². The van der Waals surface area contributed by atoms with Crippen molar-refractivity contribution in [2.45, 2.75) is 20.0 Å². The van der Waals surface area contributed by atoms with Crippen molar-refractivity contribution in [3.05, 3.63) is 29.3 Å². The molecular formula is C14H17F3N2O. The van der Waals surface area contributed by atoms with Crippen molar-refractivity contribution in [1.29, 1.82) is 0 Å². The van der Waals surface area contributed by atoms with Crippen LogP contribution < -0.4 is 10.6 Å². The molecule has 1 saturated heterocycles. The Labute approximate surface area is 115 Å². The fourth-order valence-electron chi connectivity index (χ4n) is 2.32. The van der Waals surface area contributed by atoms with Gasteiger partial charge in [0.1, 0.15) is 0 Å². The molecule has 110 valence electrons. The molecule has 1 aliphatic heterocycles. The lowest BCUT2D eigenvalue weighted by molar-refractivity contribution is -0.137. The Morgan fingerprint density at radius 3 is 2.60 bits per heavy atom. The number of alkyl halides is 3. The second kappa shape index (κ2) is 5.44. The van der Waals surface area contributed by atoms with Gasteiger partial charge in [0.2, 0.25) is 5.91 Å². The molecule has 0 radical (unpaired) electrons. The second-order valence-electron chi connectivity index (χ2n) is 5.26. The molecule has 1 aromatic carbocycles. The standard InChI is InChI=1S/C14H17F3N2O/c1-8-3-4-10(14(15,16)17)5-12(8)19-13(20)11-7-18-6-9(11)2/h3-5,9,11,18H,6-7H2,1-2H3,(H,19,20)/t9-,11-/m1/s1. The van der Waals surface area contributed by atoms with Gasteiger partial charge in [-0.3, -0.25) is 4.79 Å². The van der Waals surface area contributed by atoms with Crippen LogP contribution in [-0.2, 0) is 11.0 Å². The second-order valence-corrected chi connectivity index (χ2v) is 5.26. The van der Waals surface area contributed by atoms with Crippen LogP contribution in [0.5, 0.6) is 0 Å². The van der Waals surface area contributed by atoms with E-state index in [0.29, 0.717) is 12.1 Å². The summed E-state index contributed by atoms with van der Waals surface area (Å²) in [6.07, 6.45) is -4.41. The Hall–Kier alpha value is -1.56. The predicted molar refractivity (Wildman–Crippen MR) is 70.3 cm³/mol. The van der Waals surface area contributed by atoms with Crippen molar-refractivity contribution in [2.24, 2.45) is 11.8 Å². The Morgan fingerprint density at radius 2 is 2.05 bits per heavy atom. The lowest BCUT2D eigenvalue weighted by atomic mass is 9.97. The lowest BCUT2D eigenvalue weighted by Crippen LogP contribution is -2.28. The predicted octanol–water partition coefficient (Wildman–Crippen LogP) is 2.81. The highest BCUT2D eigenvalue weighted by atomic mass is 19.4. The third kappa shape index (κ3) is 3.12. The monoisotopic (exact) mass is 286 g/mol. The van der Waals surface area contributed by atoms with E-state index in [1.807, 2.05) is 6.92 Å². The topological polar surface area (TPSA) is 41.1 Å². The van der Waals surface area contributed by atoms with Crippen LogP contribution in [0.1, 0.15) is 18.1 Å². The molecule has 1 fully saturated rings. The number of hydrogen-bond donors (Lipinski definition) is 2. The van der Waals surface area contributed by atoms with E-state index in [9.17, 15) is 18.0 Å². The average molecular weight is 286 g/mol. The van der Waals surface area contributed by atoms with Crippen molar-refractivity contribution in [3.8, 4) is 0 Å². The molecule has 0 saturated carbocycles. The maximum atomic E-state index is 12.7. The number of carbonyl (C=O) groups is 1. The number of anilines is 1. The van der Waals surface area contributed by atoms with Gasteiger partial charge in [0, 0.05) is 12.2 Å². The summed E-state index contributed by atoms with van der Waals surface area (Å²) in [5, 5.41) is 5.71. The van der Waals surface area contributed by atoms with Gasteiger partial charge in [-0.05, 0) is 37.1 Å². The zero-order valence-corrected chi connectivity index (χ0v) is 11.3. The zero-order valence-electron chi connectivity index (χ0n) is 11.3. The Balaban J connectivity index is 2.18. The summed E-state index contributed by atoms with van der Waals surface area (Å²) in [5.41, 5.74) is 0.0879. The van der Waals surface area contributed by atoms with E-state index in [1.165, 1.54) is 6.07 Å². The van der Waals surface area contributed by atoms with Gasteiger partial charge in [-0.2, -0.15) is 13.2 Å². The molecule has 0 bridgehead atoms. The fraction of sp³-hybridized carbons (Fsp3) is 0.500. The molecule has 0 aromatic heterocycles. The highest BCUT2D eigenvalue weighted by Gasteiger charge is 2.32. The van der Waals surface area contributed by atoms with Gasteiger partial charge < -0.3 is 10.6 Å². The third-order valence-electron chi connectivity index (χ3n) is 3.68. The van der Waals surface area contributed by atoms with E-state index in [0.717, 1.165) is 18.7 Å². The molecule has 2 N–H and O–H groups in total. The van der Waals surface area contributed by atoms with Crippen LogP contribution >= 0.6 is 0 Å². The minimum atomic E-state index is -4.41. The Bertz CT molecular complexity index is 514. The maximum Gasteiger partial charge on any atom is 0.416 e. The van der Waals surface area contributed by atoms with Crippen molar-refractivity contribution in [2.75, 3.05) is 18.4 Å². The van der Waals surface area contributed by atoms with Gasteiger partial charge in [-0.25, -0.2) is 0 Å². The zero-order chi connectivity index (χ0) is 14.9. The first kappa shape index (κ1) is 14.8. The average Bonchev–Trinajstić information content (AvgIpc) is 2.77. The number of benzene rings is 1. The van der Waals surface area contributed by atoms with Crippen LogP contribution in [0.4, 0.5) is 18.9 Å². The first-order chi connectivity index (χ1) is 9.29. The summed E-state index contributed by atoms with van der Waals surface area (Å²) in [7, 11) is 0. The molecule has 3 nitrogen and oxygen atoms in total. The van der Waals surface area contributed by atoms with Gasteiger partial charge >= 0.3 is 6.18 Å². The summed E-state index contributed by atoms with van der Waals surface area (Å²) < 4.78 is 38.0. The molecule has 20 heavy (non-hydrogen) atoms. The fourth-order valence-corrected chi connectivity index (χ4v) is 2.32. The highest BCUT2D eigenvalue weighted by Crippen LogP contribution is 2.32. The third-order valence-corrected chi connectivity index (χ3v) is 3.68. The number of nitrogens with one attached hydrogen (secondary N) is 2. The molecule has 6 heteroatoms. The van der Waals surface area contributed by atoms with E-state index in [-0.39, 0.29) is 23.4 Å². The molecule has 1 amide bonds. The largest absolute Gasteiger partial charge is 0.416 e. The first-order valence-corrected chi connectivity index (χ1v) is 6.48. The number of aryl methyl sites for hydroxylation is 1. The molecule has 0 unspecified atom stereocenters. The van der Waals surface area contributed by atoms with Gasteiger partial charge in [-0.15, -0.1) is 0 Å². The summed E-state index contributed by atoms with van der Waals surface area (Å²) in [5.74, 6) is -0.255. The van der Waals surface area contributed by atoms with E-state index >= 15 is 0 Å². The molecule has 2 rings (SSSR count). The van der Waals surface area contributed by atoms with E-state index in [1.54, 1.807) is 6.92 Å². The molecule has 1 aliphatic rings. The molecule has 0 spiro atoms. The number of rotatable bonds is 2. The van der Waals surface area contributed by atoms with Crippen LogP contribution in [0.2, 0.25) is 0 Å². The van der Waals surface area contributed by atoms with Gasteiger partial charge in [0.05, 0.1) is 11.5 Å². The smallest absolute Gasteiger partial charge is 0.326 e. The normalized spacial score (nSPS) is 22.9. The number of halogens is 3. The molecular weight excluding hydrogens is 269 g/mol. The van der Waals surface area contributed by atoms with Crippen LogP contribution in [0.3, 0.4) is 0 Å². The van der Waals surface area contributed by atoms with Crippen molar-refractivity contribution in [1.82, 2.24) is 5.32 Å². The van der Waals surface area contributed by atoms with Crippen LogP contribution in [0.25, 0.3) is 0 Å². The summed E-state index contributed by atoms with van der Waals surface area (Å²) in [6.45, 7) is 4.93. The SMILES string of the molecule is Cc1ccc(C(F)(F)F)cc1NC(=O)[C@@H]1CNC[C@H]1C. The van der Waals surface area contributed by atoms with Gasteiger partial charge in [-0.1, -0.05) is 13.0 Å². The molecule has 0 aliphatic carbocycles. The van der Waals surface area contributed by atoms with E-state index in [2.05, 4.69) is 10.6 Å². The Kier molecular flexibility index (Phi) is 4.04. The first-order valence-electron chi connectivity index (χ1n) is 6.48. The quantitative estimate of drug-likeness (QED) is 0.877. The summed E-state index contributed by atoms with van der Waals surface area (Å²) in [6, 6.07) is 3.37. The maximum absolute atomic E-state index is 12.7. The Morgan fingerprint density at radius 1 is 1.35 bits per heavy atom. The van der Waals surface area contributed by atoms with Crippen LogP contribution in [-0.4, -0.2) is 19.0 Å².